The summed E-state index contributed by atoms with van der Waals surface area (Å²) < 4.78 is 10.0. The maximum absolute atomic E-state index is 11.6. The van der Waals surface area contributed by atoms with Crippen molar-refractivity contribution >= 4 is 11.7 Å². The van der Waals surface area contributed by atoms with Gasteiger partial charge in [-0.15, -0.1) is 0 Å². The maximum atomic E-state index is 11.6. The number of carbonyl (C=O) groups excluding carboxylic acids is 1. The lowest BCUT2D eigenvalue weighted by molar-refractivity contribution is -0.139. The average molecular weight is 313 g/mol. The quantitative estimate of drug-likeness (QED) is 0.398. The van der Waals surface area contributed by atoms with E-state index in [1.165, 1.54) is 7.11 Å². The van der Waals surface area contributed by atoms with E-state index in [9.17, 15) is 4.79 Å². The molecule has 0 saturated heterocycles. The molecule has 0 aliphatic heterocycles. The number of hydrogen-bond donors (Lipinski definition) is 1. The van der Waals surface area contributed by atoms with Crippen molar-refractivity contribution in [1.82, 2.24) is 0 Å². The highest BCUT2D eigenvalue weighted by Crippen LogP contribution is 2.28. The van der Waals surface area contributed by atoms with E-state index in [0.717, 1.165) is 22.3 Å². The molecule has 0 unspecified atom stereocenters. The molecule has 2 aromatic carbocycles. The summed E-state index contributed by atoms with van der Waals surface area (Å²) in [6.07, 6.45) is 0.143. The third kappa shape index (κ3) is 3.88. The molecule has 2 rings (SSSR count). The highest BCUT2D eigenvalue weighted by molar-refractivity contribution is 5.99. The van der Waals surface area contributed by atoms with E-state index in [1.54, 1.807) is 14.0 Å². The van der Waals surface area contributed by atoms with Gasteiger partial charge in [-0.25, -0.2) is 0 Å². The van der Waals surface area contributed by atoms with E-state index in [4.69, 9.17) is 14.7 Å². The van der Waals surface area contributed by atoms with Gasteiger partial charge >= 0.3 is 5.97 Å². The largest absolute Gasteiger partial charge is 0.496 e. The van der Waals surface area contributed by atoms with Crippen LogP contribution in [0.25, 0.3) is 11.1 Å². The molecule has 0 atom stereocenters. The van der Waals surface area contributed by atoms with Crippen LogP contribution in [0.4, 0.5) is 0 Å². The van der Waals surface area contributed by atoms with Gasteiger partial charge in [0.25, 0.3) is 0 Å². The molecule has 5 nitrogen and oxygen atoms in total. The van der Waals surface area contributed by atoms with E-state index in [1.807, 2.05) is 42.5 Å². The minimum atomic E-state index is -0.322. The van der Waals surface area contributed by atoms with Gasteiger partial charge in [0.05, 0.1) is 26.4 Å². The second-order valence-corrected chi connectivity index (χ2v) is 5.05. The van der Waals surface area contributed by atoms with Crippen LogP contribution in [0.5, 0.6) is 5.75 Å². The first-order valence-corrected chi connectivity index (χ1v) is 7.12. The summed E-state index contributed by atoms with van der Waals surface area (Å²) in [5, 5.41) is 12.1. The lowest BCUT2D eigenvalue weighted by Gasteiger charge is -2.11. The zero-order valence-electron chi connectivity index (χ0n) is 13.4. The first-order chi connectivity index (χ1) is 11.1. The van der Waals surface area contributed by atoms with E-state index < -0.39 is 0 Å². The standard InChI is InChI=1S/C18H19NO4/c1-12(19-21)13-5-4-6-14(9-13)15-7-8-17(22-2)16(10-15)11-18(20)23-3/h4-10,21H,11H2,1-3H3. The normalized spacial score (nSPS) is 11.2. The Labute approximate surface area is 135 Å². The Bertz CT molecular complexity index is 738. The molecule has 120 valence electrons. The topological polar surface area (TPSA) is 68.1 Å². The van der Waals surface area contributed by atoms with Gasteiger partial charge in [0.1, 0.15) is 5.75 Å². The Morgan fingerprint density at radius 1 is 1.13 bits per heavy atom. The van der Waals surface area contributed by atoms with Crippen LogP contribution in [-0.2, 0) is 16.0 Å². The first-order valence-electron chi connectivity index (χ1n) is 7.12. The van der Waals surface area contributed by atoms with Gasteiger partial charge in [-0.05, 0) is 41.8 Å². The molecule has 0 fully saturated rings. The number of methoxy groups -OCH3 is 2. The molecule has 0 radical (unpaired) electrons. The van der Waals surface area contributed by atoms with Crippen LogP contribution in [-0.4, -0.2) is 31.1 Å². The second-order valence-electron chi connectivity index (χ2n) is 5.05. The maximum Gasteiger partial charge on any atom is 0.310 e. The highest BCUT2D eigenvalue weighted by atomic mass is 16.5. The predicted octanol–water partition coefficient (Wildman–Crippen LogP) is 3.28. The molecular weight excluding hydrogens is 294 g/mol. The van der Waals surface area contributed by atoms with Crippen molar-refractivity contribution in [2.24, 2.45) is 5.16 Å². The number of benzene rings is 2. The van der Waals surface area contributed by atoms with Gasteiger partial charge in [0.15, 0.2) is 0 Å². The molecular formula is C18H19NO4. The van der Waals surface area contributed by atoms with Gasteiger partial charge in [0.2, 0.25) is 0 Å². The number of hydrogen-bond acceptors (Lipinski definition) is 5. The lowest BCUT2D eigenvalue weighted by atomic mass is 9.98. The number of esters is 1. The summed E-state index contributed by atoms with van der Waals surface area (Å²) >= 11 is 0. The molecule has 2 aromatic rings. The predicted molar refractivity (Wildman–Crippen MR) is 88.1 cm³/mol. The van der Waals surface area contributed by atoms with Crippen LogP contribution in [0.3, 0.4) is 0 Å². The van der Waals surface area contributed by atoms with Gasteiger partial charge in [0, 0.05) is 5.56 Å². The molecule has 0 heterocycles. The van der Waals surface area contributed by atoms with Gasteiger partial charge < -0.3 is 14.7 Å². The fourth-order valence-electron chi connectivity index (χ4n) is 2.31. The summed E-state index contributed by atoms with van der Waals surface area (Å²) in [6.45, 7) is 1.73. The minimum Gasteiger partial charge on any atom is -0.496 e. The van der Waals surface area contributed by atoms with Crippen LogP contribution in [0, 0.1) is 0 Å². The lowest BCUT2D eigenvalue weighted by Crippen LogP contribution is -2.06. The van der Waals surface area contributed by atoms with Gasteiger partial charge in [-0.1, -0.05) is 29.4 Å². The molecule has 5 heteroatoms. The van der Waals surface area contributed by atoms with Crippen molar-refractivity contribution in [3.05, 3.63) is 53.6 Å². The Kier molecular flexibility index (Phi) is 5.36. The van der Waals surface area contributed by atoms with Crippen molar-refractivity contribution in [3.8, 4) is 16.9 Å². The third-order valence-corrected chi connectivity index (χ3v) is 3.61. The second kappa shape index (κ2) is 7.45. The molecule has 0 bridgehead atoms. The van der Waals surface area contributed by atoms with Crippen molar-refractivity contribution in [3.63, 3.8) is 0 Å². The smallest absolute Gasteiger partial charge is 0.310 e. The highest BCUT2D eigenvalue weighted by Gasteiger charge is 2.11. The Hall–Kier alpha value is -2.82. The fraction of sp³-hybridized carbons (Fsp3) is 0.222. The number of rotatable bonds is 5. The van der Waals surface area contributed by atoms with E-state index in [0.29, 0.717) is 11.5 Å². The van der Waals surface area contributed by atoms with Crippen molar-refractivity contribution < 1.29 is 19.5 Å². The van der Waals surface area contributed by atoms with Crippen molar-refractivity contribution in [2.75, 3.05) is 14.2 Å². The minimum absolute atomic E-state index is 0.143. The molecule has 0 saturated carbocycles. The summed E-state index contributed by atoms with van der Waals surface area (Å²) in [6, 6.07) is 13.3. The summed E-state index contributed by atoms with van der Waals surface area (Å²) in [4.78, 5) is 11.6. The van der Waals surface area contributed by atoms with E-state index in [-0.39, 0.29) is 12.4 Å². The number of oxime groups is 1. The molecule has 0 aliphatic carbocycles. The van der Waals surface area contributed by atoms with E-state index in [2.05, 4.69) is 5.16 Å². The van der Waals surface area contributed by atoms with Crippen LogP contribution >= 0.6 is 0 Å². The van der Waals surface area contributed by atoms with Crippen LogP contribution in [0.1, 0.15) is 18.1 Å². The van der Waals surface area contributed by atoms with Crippen LogP contribution in [0.15, 0.2) is 47.6 Å². The zero-order chi connectivity index (χ0) is 16.8. The molecule has 0 amide bonds. The number of ether oxygens (including phenoxy) is 2. The monoisotopic (exact) mass is 313 g/mol. The summed E-state index contributed by atoms with van der Waals surface area (Å²) in [5.74, 6) is 0.320. The molecule has 23 heavy (non-hydrogen) atoms. The molecule has 1 N–H and O–H groups in total. The van der Waals surface area contributed by atoms with Gasteiger partial charge in [-0.2, -0.15) is 0 Å². The molecule has 0 aromatic heterocycles. The number of carbonyl (C=O) groups is 1. The Morgan fingerprint density at radius 3 is 2.52 bits per heavy atom. The fourth-order valence-corrected chi connectivity index (χ4v) is 2.31. The van der Waals surface area contributed by atoms with Crippen LogP contribution < -0.4 is 4.74 Å². The summed E-state index contributed by atoms with van der Waals surface area (Å²) in [5.41, 5.74) is 4.02. The average Bonchev–Trinajstić information content (AvgIpc) is 2.60. The van der Waals surface area contributed by atoms with Gasteiger partial charge in [-0.3, -0.25) is 4.79 Å². The van der Waals surface area contributed by atoms with Crippen molar-refractivity contribution in [1.29, 1.82) is 0 Å². The first kappa shape index (κ1) is 16.5. The molecule has 0 spiro atoms. The third-order valence-electron chi connectivity index (χ3n) is 3.61. The SMILES string of the molecule is COC(=O)Cc1cc(-c2cccc(C(C)=NO)c2)ccc1OC. The summed E-state index contributed by atoms with van der Waals surface area (Å²) in [7, 11) is 2.93. The number of nitrogens with zero attached hydrogens (tertiary/aromatic N) is 1. The Balaban J connectivity index is 2.44. The van der Waals surface area contributed by atoms with Crippen LogP contribution in [0.2, 0.25) is 0 Å². The zero-order valence-corrected chi connectivity index (χ0v) is 13.4. The van der Waals surface area contributed by atoms with E-state index >= 15 is 0 Å². The molecule has 0 aliphatic rings. The van der Waals surface area contributed by atoms with Crippen molar-refractivity contribution in [2.45, 2.75) is 13.3 Å². The Morgan fingerprint density at radius 2 is 1.87 bits per heavy atom.